The number of methoxy groups -OCH3 is 1. The number of morpholine rings is 1. The third kappa shape index (κ3) is 6.56. The lowest BCUT2D eigenvalue weighted by Gasteiger charge is -2.26. The van der Waals surface area contributed by atoms with Crippen LogP contribution in [0.3, 0.4) is 0 Å². The van der Waals surface area contributed by atoms with Crippen LogP contribution < -0.4 is 29.1 Å². The summed E-state index contributed by atoms with van der Waals surface area (Å²) in [5, 5.41) is 0. The highest BCUT2D eigenvalue weighted by Crippen LogP contribution is 2.32. The number of hydrogen-bond acceptors (Lipinski definition) is 10. The smallest absolute Gasteiger partial charge is 0.338 e. The molecule has 1 aromatic heterocycles. The fourth-order valence-corrected chi connectivity index (χ4v) is 6.16. The summed E-state index contributed by atoms with van der Waals surface area (Å²) in [7, 11) is 1.56. The first-order valence-electron chi connectivity index (χ1n) is 14.4. The van der Waals surface area contributed by atoms with E-state index in [4.69, 9.17) is 23.7 Å². The SMILES string of the molecule is CCOC(=O)C1=C(C)N=c2s/c(=C/c3ccc(OCC(=O)N4CCOCC4)c(OCC)c3)c(=O)n2[C@H]1c1cccc(OC)c1. The molecule has 0 bridgehead atoms. The summed E-state index contributed by atoms with van der Waals surface area (Å²) in [6.45, 7) is 7.89. The summed E-state index contributed by atoms with van der Waals surface area (Å²) >= 11 is 1.23. The molecule has 2 aromatic carbocycles. The Kier molecular flexibility index (Phi) is 9.81. The molecule has 1 amide bonds. The van der Waals surface area contributed by atoms with Crippen LogP contribution in [0.15, 0.2) is 63.5 Å². The Morgan fingerprint density at radius 1 is 1.07 bits per heavy atom. The van der Waals surface area contributed by atoms with Gasteiger partial charge in [-0.15, -0.1) is 0 Å². The number of amides is 1. The molecular formula is C32H35N3O8S. The number of carbonyl (C=O) groups excluding carboxylic acids is 2. The maximum atomic E-state index is 14.0. The van der Waals surface area contributed by atoms with E-state index < -0.39 is 12.0 Å². The Bertz CT molecular complexity index is 1750. The average molecular weight is 622 g/mol. The molecule has 3 aromatic rings. The molecule has 2 aliphatic rings. The molecule has 0 saturated carbocycles. The summed E-state index contributed by atoms with van der Waals surface area (Å²) in [6.07, 6.45) is 1.75. The molecular weight excluding hydrogens is 586 g/mol. The summed E-state index contributed by atoms with van der Waals surface area (Å²) in [6, 6.07) is 11.8. The van der Waals surface area contributed by atoms with Gasteiger partial charge in [0.25, 0.3) is 11.5 Å². The second-order valence-corrected chi connectivity index (χ2v) is 11.0. The molecule has 1 atom stereocenters. The van der Waals surface area contributed by atoms with E-state index in [1.807, 2.05) is 19.1 Å². The topological polar surface area (TPSA) is 118 Å². The van der Waals surface area contributed by atoms with Gasteiger partial charge < -0.3 is 28.6 Å². The number of benzene rings is 2. The molecule has 0 aliphatic carbocycles. The largest absolute Gasteiger partial charge is 0.497 e. The lowest BCUT2D eigenvalue weighted by molar-refractivity contribution is -0.139. The lowest BCUT2D eigenvalue weighted by Crippen LogP contribution is -2.43. The van der Waals surface area contributed by atoms with Crippen molar-refractivity contribution in [1.82, 2.24) is 9.47 Å². The molecule has 0 unspecified atom stereocenters. The maximum Gasteiger partial charge on any atom is 0.338 e. The van der Waals surface area contributed by atoms with E-state index in [0.717, 1.165) is 0 Å². The minimum atomic E-state index is -0.749. The first-order chi connectivity index (χ1) is 21.3. The Balaban J connectivity index is 1.51. The predicted molar refractivity (Wildman–Crippen MR) is 164 cm³/mol. The zero-order chi connectivity index (χ0) is 31.2. The Labute approximate surface area is 258 Å². The number of ether oxygens (including phenoxy) is 5. The van der Waals surface area contributed by atoms with Gasteiger partial charge >= 0.3 is 5.97 Å². The number of esters is 1. The van der Waals surface area contributed by atoms with Crippen LogP contribution in [-0.2, 0) is 19.1 Å². The van der Waals surface area contributed by atoms with Crippen molar-refractivity contribution in [2.45, 2.75) is 26.8 Å². The van der Waals surface area contributed by atoms with Gasteiger partial charge in [-0.05, 0) is 62.2 Å². The lowest BCUT2D eigenvalue weighted by atomic mass is 9.95. The first-order valence-corrected chi connectivity index (χ1v) is 15.2. The van der Waals surface area contributed by atoms with Crippen LogP contribution in [0.2, 0.25) is 0 Å². The Morgan fingerprint density at radius 3 is 2.59 bits per heavy atom. The van der Waals surface area contributed by atoms with Crippen LogP contribution in [0.25, 0.3) is 6.08 Å². The highest BCUT2D eigenvalue weighted by molar-refractivity contribution is 7.07. The second kappa shape index (κ2) is 13.9. The maximum absolute atomic E-state index is 14.0. The highest BCUT2D eigenvalue weighted by Gasteiger charge is 2.33. The van der Waals surface area contributed by atoms with Crippen molar-refractivity contribution in [2.24, 2.45) is 4.99 Å². The number of nitrogens with zero attached hydrogens (tertiary/aromatic N) is 3. The molecule has 44 heavy (non-hydrogen) atoms. The summed E-state index contributed by atoms with van der Waals surface area (Å²) < 4.78 is 29.7. The minimum absolute atomic E-state index is 0.121. The van der Waals surface area contributed by atoms with Crippen molar-refractivity contribution in [1.29, 1.82) is 0 Å². The molecule has 5 rings (SSSR count). The van der Waals surface area contributed by atoms with Gasteiger partial charge in [0.2, 0.25) is 0 Å². The van der Waals surface area contributed by atoms with Crippen LogP contribution >= 0.6 is 11.3 Å². The molecule has 12 heteroatoms. The first kappa shape index (κ1) is 31.0. The number of thiazole rings is 1. The standard InChI is InChI=1S/C32H35N3O8S/c1-5-41-25-16-21(10-11-24(25)43-19-27(36)34-12-14-40-15-13-34)17-26-30(37)35-29(22-8-7-9-23(18-22)39-4)28(31(38)42-6-2)20(3)33-32(35)44-26/h7-11,16-18,29H,5-6,12-15,19H2,1-4H3/b26-17+/t29-/m0/s1. The Morgan fingerprint density at radius 2 is 1.86 bits per heavy atom. The minimum Gasteiger partial charge on any atom is -0.497 e. The van der Waals surface area contributed by atoms with E-state index in [0.29, 0.717) is 81.9 Å². The van der Waals surface area contributed by atoms with Crippen molar-refractivity contribution in [3.05, 3.63) is 84.5 Å². The van der Waals surface area contributed by atoms with Crippen molar-refractivity contribution >= 4 is 29.3 Å². The van der Waals surface area contributed by atoms with E-state index >= 15 is 0 Å². The van der Waals surface area contributed by atoms with E-state index in [-0.39, 0.29) is 24.7 Å². The Hall–Kier alpha value is -4.42. The number of fused-ring (bicyclic) bond motifs is 1. The molecule has 0 radical (unpaired) electrons. The third-order valence-electron chi connectivity index (χ3n) is 7.21. The molecule has 3 heterocycles. The zero-order valence-corrected chi connectivity index (χ0v) is 26.0. The van der Waals surface area contributed by atoms with Gasteiger partial charge in [-0.3, -0.25) is 14.2 Å². The number of hydrogen-bond donors (Lipinski definition) is 0. The van der Waals surface area contributed by atoms with Gasteiger partial charge in [0.1, 0.15) is 5.75 Å². The van der Waals surface area contributed by atoms with Crippen LogP contribution in [-0.4, -0.2) is 74.6 Å². The van der Waals surface area contributed by atoms with Gasteiger partial charge in [-0.2, -0.15) is 0 Å². The summed E-state index contributed by atoms with van der Waals surface area (Å²) in [5.74, 6) is 0.835. The van der Waals surface area contributed by atoms with Gasteiger partial charge in [0, 0.05) is 13.1 Å². The van der Waals surface area contributed by atoms with Crippen molar-refractivity contribution in [3.8, 4) is 17.2 Å². The van der Waals surface area contributed by atoms with Gasteiger partial charge in [0.05, 0.1) is 55.4 Å². The van der Waals surface area contributed by atoms with E-state index in [1.54, 1.807) is 62.3 Å². The van der Waals surface area contributed by atoms with Crippen LogP contribution in [0.1, 0.15) is 37.9 Å². The molecule has 1 saturated heterocycles. The number of rotatable bonds is 10. The summed E-state index contributed by atoms with van der Waals surface area (Å²) in [4.78, 5) is 46.5. The van der Waals surface area contributed by atoms with Crippen molar-refractivity contribution in [2.75, 3.05) is 53.2 Å². The average Bonchev–Trinajstić information content (AvgIpc) is 3.34. The van der Waals surface area contributed by atoms with Crippen LogP contribution in [0.5, 0.6) is 17.2 Å². The zero-order valence-electron chi connectivity index (χ0n) is 25.2. The fourth-order valence-electron chi connectivity index (χ4n) is 5.12. The molecule has 1 fully saturated rings. The molecule has 11 nitrogen and oxygen atoms in total. The van der Waals surface area contributed by atoms with Crippen LogP contribution in [0.4, 0.5) is 0 Å². The van der Waals surface area contributed by atoms with Gasteiger partial charge in [0.15, 0.2) is 22.9 Å². The van der Waals surface area contributed by atoms with Crippen molar-refractivity contribution in [3.63, 3.8) is 0 Å². The number of allylic oxidation sites excluding steroid dienone is 1. The number of carbonyl (C=O) groups is 2. The van der Waals surface area contributed by atoms with Gasteiger partial charge in [-0.1, -0.05) is 29.5 Å². The van der Waals surface area contributed by atoms with E-state index in [9.17, 15) is 14.4 Å². The molecule has 2 aliphatic heterocycles. The van der Waals surface area contributed by atoms with Crippen molar-refractivity contribution < 1.29 is 33.3 Å². The quantitative estimate of drug-likeness (QED) is 0.317. The van der Waals surface area contributed by atoms with Gasteiger partial charge in [-0.25, -0.2) is 9.79 Å². The van der Waals surface area contributed by atoms with Crippen LogP contribution in [0, 0.1) is 0 Å². The fraction of sp³-hybridized carbons (Fsp3) is 0.375. The third-order valence-corrected chi connectivity index (χ3v) is 8.19. The van der Waals surface area contributed by atoms with E-state index in [1.165, 1.54) is 15.9 Å². The highest BCUT2D eigenvalue weighted by atomic mass is 32.1. The second-order valence-electron chi connectivity index (χ2n) is 10.00. The summed E-state index contributed by atoms with van der Waals surface area (Å²) in [5.41, 5.74) is 1.87. The van der Waals surface area contributed by atoms with E-state index in [2.05, 4.69) is 4.99 Å². The molecule has 0 N–H and O–H groups in total. The normalized spacial score (nSPS) is 16.7. The molecule has 0 spiro atoms. The molecule has 232 valence electrons. The number of aromatic nitrogens is 1. The predicted octanol–water partition coefficient (Wildman–Crippen LogP) is 2.44. The monoisotopic (exact) mass is 621 g/mol.